The van der Waals surface area contributed by atoms with E-state index in [0.717, 1.165) is 0 Å². The molecule has 4 N–H and O–H groups in total. The Morgan fingerprint density at radius 3 is 2.64 bits per heavy atom. The number of nitrogens with one attached hydrogen (secondary N) is 3. The van der Waals surface area contributed by atoms with Gasteiger partial charge in [-0.05, 0) is 62.1 Å². The summed E-state index contributed by atoms with van der Waals surface area (Å²) in [4.78, 5) is 45.2. The van der Waals surface area contributed by atoms with Crippen molar-refractivity contribution in [2.75, 3.05) is 13.1 Å². The van der Waals surface area contributed by atoms with Crippen LogP contribution in [0.25, 0.3) is 11.3 Å². The maximum Gasteiger partial charge on any atom is 0.252 e. The lowest BCUT2D eigenvalue weighted by Crippen LogP contribution is -2.54. The molecule has 4 aromatic rings. The Labute approximate surface area is 285 Å². The molecule has 1 fully saturated rings. The van der Waals surface area contributed by atoms with Crippen molar-refractivity contribution in [3.63, 3.8) is 0 Å². The fourth-order valence-corrected chi connectivity index (χ4v) is 7.09. The number of nitrogens with zero attached hydrogens (tertiary/aromatic N) is 4. The number of thiophene rings is 1. The Kier molecular flexibility index (Phi) is 11.3. The first-order valence-corrected chi connectivity index (χ1v) is 16.5. The molecule has 15 heteroatoms. The summed E-state index contributed by atoms with van der Waals surface area (Å²) in [6.45, 7) is 2.02. The molecule has 5 rings (SSSR count). The lowest BCUT2D eigenvalue weighted by molar-refractivity contribution is -0.139. The van der Waals surface area contributed by atoms with Gasteiger partial charge in [-0.1, -0.05) is 35.3 Å². The van der Waals surface area contributed by atoms with Crippen LogP contribution in [-0.2, 0) is 23.1 Å². The third kappa shape index (κ3) is 8.35. The smallest absolute Gasteiger partial charge is 0.252 e. The molecule has 11 nitrogen and oxygen atoms in total. The minimum atomic E-state index is -1.18. The van der Waals surface area contributed by atoms with E-state index in [0.29, 0.717) is 56.0 Å². The van der Waals surface area contributed by atoms with E-state index < -0.39 is 36.1 Å². The van der Waals surface area contributed by atoms with Crippen molar-refractivity contribution in [2.24, 2.45) is 7.05 Å². The van der Waals surface area contributed by atoms with Crippen LogP contribution >= 0.6 is 34.5 Å². The van der Waals surface area contributed by atoms with Crippen molar-refractivity contribution >= 4 is 52.3 Å². The van der Waals surface area contributed by atoms with Crippen molar-refractivity contribution in [3.8, 4) is 11.3 Å². The van der Waals surface area contributed by atoms with E-state index in [1.54, 1.807) is 49.0 Å². The summed E-state index contributed by atoms with van der Waals surface area (Å²) in [5, 5.41) is 24.5. The molecule has 0 radical (unpaired) electrons. The van der Waals surface area contributed by atoms with Gasteiger partial charge in [0, 0.05) is 49.7 Å². The van der Waals surface area contributed by atoms with Crippen LogP contribution in [-0.4, -0.2) is 73.7 Å². The molecule has 0 saturated carbocycles. The van der Waals surface area contributed by atoms with E-state index in [1.165, 1.54) is 47.0 Å². The maximum atomic E-state index is 14.0. The number of hydrogen-bond donors (Lipinski definition) is 4. The van der Waals surface area contributed by atoms with Crippen LogP contribution in [0.3, 0.4) is 0 Å². The Morgan fingerprint density at radius 2 is 1.94 bits per heavy atom. The molecule has 248 valence electrons. The highest BCUT2D eigenvalue weighted by Gasteiger charge is 2.36. The number of aliphatic hydroxyl groups is 1. The summed E-state index contributed by atoms with van der Waals surface area (Å²) in [5.41, 5.74) is 2.25. The normalized spacial score (nSPS) is 16.5. The standard InChI is InChI=1S/C32H34Cl2FN7O4S/c1-18(39-29(43)20-8-10-36-11-9-20)32(46)42-12-4-7-25(42)30(44)37-16-22(14-19-5-3-6-21(35)13-19)40-31(45)26-15-23(28(34)47-26)27-24(33)17-38-41(27)2/h3,5-6,8-11,13,15,17-18,22,25,31,40,45H,4,7,12,14,16H2,1-2H3,(H,37,44)(H,39,43)/t18-,22+,25+,31?/m1/s1. The zero-order chi connectivity index (χ0) is 33.7. The number of carbonyl (C=O) groups is 3. The van der Waals surface area contributed by atoms with Crippen LogP contribution < -0.4 is 16.0 Å². The van der Waals surface area contributed by atoms with Crippen molar-refractivity contribution in [3.05, 3.63) is 92.2 Å². The topological polar surface area (TPSA) is 141 Å². The number of halogens is 3. The van der Waals surface area contributed by atoms with E-state index in [9.17, 15) is 23.9 Å². The van der Waals surface area contributed by atoms with Crippen LogP contribution in [0.1, 0.15) is 46.8 Å². The molecule has 1 saturated heterocycles. The zero-order valence-corrected chi connectivity index (χ0v) is 27.9. The second-order valence-electron chi connectivity index (χ2n) is 11.3. The summed E-state index contributed by atoms with van der Waals surface area (Å²) in [6, 6.07) is 8.78. The number of benzene rings is 1. The molecule has 1 unspecified atom stereocenters. The van der Waals surface area contributed by atoms with Gasteiger partial charge in [-0.15, -0.1) is 11.3 Å². The SMILES string of the molecule is C[C@@H](NC(=O)c1ccncc1)C(=O)N1CCC[C@H]1C(=O)NC[C@H](Cc1cccc(F)c1)NC(O)c1cc(-c2c(Cl)cnn2C)c(Cl)s1. The van der Waals surface area contributed by atoms with Gasteiger partial charge in [0.05, 0.1) is 21.8 Å². The van der Waals surface area contributed by atoms with Crippen LogP contribution in [0.5, 0.6) is 0 Å². The molecule has 1 aliphatic rings. The number of hydrogen-bond acceptors (Lipinski definition) is 8. The van der Waals surface area contributed by atoms with Crippen molar-refractivity contribution < 1.29 is 23.9 Å². The van der Waals surface area contributed by atoms with Crippen LogP contribution in [0.15, 0.2) is 61.1 Å². The summed E-state index contributed by atoms with van der Waals surface area (Å²) in [5.74, 6) is -1.55. The molecule has 3 amide bonds. The highest BCUT2D eigenvalue weighted by Crippen LogP contribution is 2.40. The lowest BCUT2D eigenvalue weighted by atomic mass is 10.0. The molecule has 4 heterocycles. The predicted molar refractivity (Wildman–Crippen MR) is 177 cm³/mol. The second kappa shape index (κ2) is 15.3. The Balaban J connectivity index is 1.26. The van der Waals surface area contributed by atoms with Gasteiger partial charge >= 0.3 is 0 Å². The van der Waals surface area contributed by atoms with Crippen molar-refractivity contribution in [2.45, 2.75) is 50.5 Å². The average Bonchev–Trinajstić information content (AvgIpc) is 3.78. The molecule has 1 aromatic carbocycles. The number of aliphatic hydroxyl groups excluding tert-OH is 1. The van der Waals surface area contributed by atoms with Crippen LogP contribution in [0.4, 0.5) is 4.39 Å². The number of likely N-dealkylation sites (tertiary alicyclic amines) is 1. The Bertz CT molecular complexity index is 1720. The average molecular weight is 703 g/mol. The Morgan fingerprint density at radius 1 is 1.17 bits per heavy atom. The highest BCUT2D eigenvalue weighted by molar-refractivity contribution is 7.16. The molecule has 0 bridgehead atoms. The van der Waals surface area contributed by atoms with Gasteiger partial charge in [0.1, 0.15) is 28.5 Å². The van der Waals surface area contributed by atoms with Gasteiger partial charge in [0.15, 0.2) is 0 Å². The summed E-state index contributed by atoms with van der Waals surface area (Å²) in [6.07, 6.45) is 4.67. The van der Waals surface area contributed by atoms with Crippen LogP contribution in [0, 0.1) is 5.82 Å². The molecule has 0 aliphatic carbocycles. The van der Waals surface area contributed by atoms with E-state index in [2.05, 4.69) is 26.0 Å². The lowest BCUT2D eigenvalue weighted by Gasteiger charge is -2.28. The first-order valence-electron chi connectivity index (χ1n) is 15.0. The quantitative estimate of drug-likeness (QED) is 0.163. The second-order valence-corrected chi connectivity index (χ2v) is 13.4. The zero-order valence-electron chi connectivity index (χ0n) is 25.6. The molecule has 3 aromatic heterocycles. The molecule has 47 heavy (non-hydrogen) atoms. The molecule has 0 spiro atoms. The molecule has 4 atom stereocenters. The first kappa shape index (κ1) is 34.5. The fraction of sp³-hybridized carbons (Fsp3) is 0.344. The largest absolute Gasteiger partial charge is 0.373 e. The number of rotatable bonds is 12. The number of aryl methyl sites for hydroxylation is 1. The van der Waals surface area contributed by atoms with Gasteiger partial charge in [0.25, 0.3) is 5.91 Å². The molecule has 1 aliphatic heterocycles. The molecular weight excluding hydrogens is 668 g/mol. The van der Waals surface area contributed by atoms with Gasteiger partial charge < -0.3 is 20.6 Å². The van der Waals surface area contributed by atoms with E-state index >= 15 is 0 Å². The summed E-state index contributed by atoms with van der Waals surface area (Å²) >= 11 is 14.0. The van der Waals surface area contributed by atoms with Gasteiger partial charge in [-0.25, -0.2) is 4.39 Å². The maximum absolute atomic E-state index is 14.0. The Hall–Kier alpha value is -3.88. The van der Waals surface area contributed by atoms with Crippen molar-refractivity contribution in [1.82, 2.24) is 35.6 Å². The third-order valence-electron chi connectivity index (χ3n) is 7.91. The third-order valence-corrected chi connectivity index (χ3v) is 9.60. The monoisotopic (exact) mass is 701 g/mol. The minimum absolute atomic E-state index is 0.0682. The van der Waals surface area contributed by atoms with Gasteiger partial charge in [-0.3, -0.25) is 29.4 Å². The predicted octanol–water partition coefficient (Wildman–Crippen LogP) is 4.11. The van der Waals surface area contributed by atoms with E-state index in [1.807, 2.05) is 0 Å². The number of aromatic nitrogens is 3. The number of pyridine rings is 1. The van der Waals surface area contributed by atoms with Crippen molar-refractivity contribution in [1.29, 1.82) is 0 Å². The van der Waals surface area contributed by atoms with Gasteiger partial charge in [-0.2, -0.15) is 5.10 Å². The fourth-order valence-electron chi connectivity index (χ4n) is 5.58. The highest BCUT2D eigenvalue weighted by atomic mass is 35.5. The van der Waals surface area contributed by atoms with E-state index in [-0.39, 0.29) is 24.8 Å². The minimum Gasteiger partial charge on any atom is -0.373 e. The van der Waals surface area contributed by atoms with E-state index in [4.69, 9.17) is 23.2 Å². The first-order chi connectivity index (χ1) is 22.5. The van der Waals surface area contributed by atoms with Gasteiger partial charge in [0.2, 0.25) is 11.8 Å². The summed E-state index contributed by atoms with van der Waals surface area (Å²) in [7, 11) is 1.74. The van der Waals surface area contributed by atoms with Crippen LogP contribution in [0.2, 0.25) is 9.36 Å². The number of amides is 3. The summed E-state index contributed by atoms with van der Waals surface area (Å²) < 4.78 is 16.0. The number of carbonyl (C=O) groups excluding carboxylic acids is 3. The molecular formula is C32H34Cl2FN7O4S.